The lowest BCUT2D eigenvalue weighted by Crippen LogP contribution is -2.48. The first-order chi connectivity index (χ1) is 17.8. The third kappa shape index (κ3) is 4.41. The van der Waals surface area contributed by atoms with E-state index in [0.29, 0.717) is 59.9 Å². The van der Waals surface area contributed by atoms with Gasteiger partial charge in [0.15, 0.2) is 11.6 Å². The number of rotatable bonds is 7. The molecule has 1 fully saturated rings. The number of aromatic nitrogens is 2. The van der Waals surface area contributed by atoms with Gasteiger partial charge in [0, 0.05) is 37.0 Å². The number of hydrogen-bond acceptors (Lipinski definition) is 6. The van der Waals surface area contributed by atoms with Crippen molar-refractivity contribution in [3.63, 3.8) is 0 Å². The molecule has 1 aromatic carbocycles. The van der Waals surface area contributed by atoms with E-state index in [0.717, 1.165) is 12.1 Å². The first-order valence-electron chi connectivity index (χ1n) is 12.0. The van der Waals surface area contributed by atoms with Crippen LogP contribution in [-0.4, -0.2) is 64.3 Å². The normalized spacial score (nSPS) is 18.8. The number of para-hydroxylation sites is 1. The van der Waals surface area contributed by atoms with Gasteiger partial charge in [-0.2, -0.15) is 0 Å². The van der Waals surface area contributed by atoms with E-state index in [1.54, 1.807) is 30.6 Å². The van der Waals surface area contributed by atoms with E-state index in [-0.39, 0.29) is 18.3 Å². The molecule has 10 nitrogen and oxygen atoms in total. The molecule has 4 heterocycles. The summed E-state index contributed by atoms with van der Waals surface area (Å²) in [5.74, 6) is -0.347. The van der Waals surface area contributed by atoms with Gasteiger partial charge in [-0.25, -0.2) is 9.18 Å². The third-order valence-corrected chi connectivity index (χ3v) is 6.97. The van der Waals surface area contributed by atoms with Crippen molar-refractivity contribution in [2.75, 3.05) is 32.1 Å². The minimum absolute atomic E-state index is 0.0220. The van der Waals surface area contributed by atoms with Gasteiger partial charge in [-0.15, -0.1) is 0 Å². The summed E-state index contributed by atoms with van der Waals surface area (Å²) >= 11 is 0. The zero-order chi connectivity index (χ0) is 26.2. The number of nitrogens with zero attached hydrogens (tertiary/aromatic N) is 2. The van der Waals surface area contributed by atoms with E-state index in [4.69, 9.17) is 9.47 Å². The molecule has 37 heavy (non-hydrogen) atoms. The summed E-state index contributed by atoms with van der Waals surface area (Å²) in [4.78, 5) is 33.6. The highest BCUT2D eigenvalue weighted by atomic mass is 19.1. The number of pyridine rings is 1. The lowest BCUT2D eigenvalue weighted by atomic mass is 10.0. The van der Waals surface area contributed by atoms with Crippen molar-refractivity contribution in [3.8, 4) is 22.8 Å². The average Bonchev–Trinajstić information content (AvgIpc) is 3.45. The number of ether oxygens (including phenoxy) is 2. The fourth-order valence-electron chi connectivity index (χ4n) is 5.09. The third-order valence-electron chi connectivity index (χ3n) is 6.97. The number of amides is 2. The predicted molar refractivity (Wildman–Crippen MR) is 134 cm³/mol. The largest absolute Gasteiger partial charge is 0.492 e. The van der Waals surface area contributed by atoms with E-state index in [9.17, 15) is 19.1 Å². The number of halogens is 1. The molecule has 194 valence electrons. The van der Waals surface area contributed by atoms with E-state index in [2.05, 4.69) is 20.6 Å². The van der Waals surface area contributed by atoms with Crippen LogP contribution in [0.2, 0.25) is 0 Å². The quantitative estimate of drug-likeness (QED) is 0.376. The molecule has 5 rings (SSSR count). The summed E-state index contributed by atoms with van der Waals surface area (Å²) in [6.07, 6.45) is 4.21. The number of fused-ring (bicyclic) bond motifs is 1. The van der Waals surface area contributed by atoms with Crippen LogP contribution in [0.15, 0.2) is 36.7 Å². The lowest BCUT2D eigenvalue weighted by Gasteiger charge is -2.33. The number of H-pyrrole nitrogens is 1. The first kappa shape index (κ1) is 24.4. The Morgan fingerprint density at radius 3 is 2.97 bits per heavy atom. The van der Waals surface area contributed by atoms with Crippen LogP contribution in [0.1, 0.15) is 35.8 Å². The van der Waals surface area contributed by atoms with Crippen LogP contribution >= 0.6 is 0 Å². The Kier molecular flexibility index (Phi) is 6.36. The smallest absolute Gasteiger partial charge is 0.407 e. The molecular weight excluding hydrogens is 481 g/mol. The molecule has 4 N–H and O–H groups in total. The second-order valence-electron chi connectivity index (χ2n) is 9.38. The van der Waals surface area contributed by atoms with Crippen molar-refractivity contribution < 1.29 is 28.6 Å². The maximum atomic E-state index is 14.4. The van der Waals surface area contributed by atoms with E-state index in [1.165, 1.54) is 18.1 Å². The summed E-state index contributed by atoms with van der Waals surface area (Å²) < 4.78 is 25.9. The number of hydrogen-bond donors (Lipinski definition) is 4. The van der Waals surface area contributed by atoms with Gasteiger partial charge in [0.1, 0.15) is 12.4 Å². The van der Waals surface area contributed by atoms with Crippen LogP contribution in [0.5, 0.6) is 11.5 Å². The standard InChI is InChI=1S/C26H28FN5O5/c1-26(9-4-12-32(26)25(34)35)14-37-19-13-28-10-7-15(19)21-22(20-17(30-21)8-11-29-24(20)33)31-18-6-3-5-16(27)23(18)36-2/h3,5-7,10,13,30-31H,4,8-9,11-12,14H2,1-2H3,(H,29,33)(H,34,35)/t26-/m0/s1. The van der Waals surface area contributed by atoms with Crippen LogP contribution < -0.4 is 20.1 Å². The monoisotopic (exact) mass is 509 g/mol. The number of aromatic amines is 1. The molecule has 0 spiro atoms. The number of likely N-dealkylation sites (tertiary alicyclic amines) is 1. The first-order valence-corrected chi connectivity index (χ1v) is 12.0. The van der Waals surface area contributed by atoms with Crippen molar-refractivity contribution in [1.82, 2.24) is 20.2 Å². The Balaban J connectivity index is 1.56. The van der Waals surface area contributed by atoms with Crippen molar-refractivity contribution in [1.29, 1.82) is 0 Å². The van der Waals surface area contributed by atoms with Crippen LogP contribution in [0.4, 0.5) is 20.6 Å². The molecule has 3 aromatic rings. The van der Waals surface area contributed by atoms with Crippen LogP contribution in [0.25, 0.3) is 11.3 Å². The Labute approximate surface area is 212 Å². The van der Waals surface area contributed by atoms with Gasteiger partial charge in [-0.1, -0.05) is 6.07 Å². The maximum Gasteiger partial charge on any atom is 0.407 e. The van der Waals surface area contributed by atoms with Gasteiger partial charge in [0.2, 0.25) is 0 Å². The number of carbonyl (C=O) groups is 2. The van der Waals surface area contributed by atoms with Gasteiger partial charge in [0.25, 0.3) is 5.91 Å². The number of anilines is 2. The van der Waals surface area contributed by atoms with Crippen molar-refractivity contribution in [3.05, 3.63) is 53.7 Å². The summed E-state index contributed by atoms with van der Waals surface area (Å²) in [5, 5.41) is 15.7. The second-order valence-corrected chi connectivity index (χ2v) is 9.38. The zero-order valence-corrected chi connectivity index (χ0v) is 20.6. The molecule has 1 saturated heterocycles. The highest BCUT2D eigenvalue weighted by molar-refractivity contribution is 6.06. The Morgan fingerprint density at radius 2 is 2.19 bits per heavy atom. The summed E-state index contributed by atoms with van der Waals surface area (Å²) in [6, 6.07) is 6.27. The van der Waals surface area contributed by atoms with E-state index in [1.807, 2.05) is 6.92 Å². The molecule has 0 unspecified atom stereocenters. The van der Waals surface area contributed by atoms with Gasteiger partial charge in [-0.05, 0) is 38.0 Å². The van der Waals surface area contributed by atoms with Gasteiger partial charge in [0.05, 0.1) is 41.5 Å². The minimum atomic E-state index is -0.978. The number of benzene rings is 1. The van der Waals surface area contributed by atoms with E-state index < -0.39 is 17.4 Å². The van der Waals surface area contributed by atoms with Gasteiger partial charge in [-0.3, -0.25) is 14.7 Å². The number of carbonyl (C=O) groups excluding carboxylic acids is 1. The molecule has 0 bridgehead atoms. The maximum absolute atomic E-state index is 14.4. The molecular formula is C26H28FN5O5. The second kappa shape index (κ2) is 9.64. The predicted octanol–water partition coefficient (Wildman–Crippen LogP) is 4.17. The molecule has 0 radical (unpaired) electrons. The molecule has 2 aliphatic rings. The molecule has 0 aliphatic carbocycles. The SMILES string of the molecule is COc1c(F)cccc1Nc1c(-c2ccncc2OC[C@]2(C)CCCN2C(=O)O)[nH]c2c1C(=O)NCC2. The Morgan fingerprint density at radius 1 is 1.35 bits per heavy atom. The summed E-state index contributed by atoms with van der Waals surface area (Å²) in [5.41, 5.74) is 2.48. The highest BCUT2D eigenvalue weighted by Gasteiger charge is 2.41. The van der Waals surface area contributed by atoms with Crippen molar-refractivity contribution in [2.45, 2.75) is 31.7 Å². The topological polar surface area (TPSA) is 129 Å². The molecule has 2 amide bonds. The zero-order valence-electron chi connectivity index (χ0n) is 20.6. The van der Waals surface area contributed by atoms with Crippen LogP contribution in [0.3, 0.4) is 0 Å². The molecule has 11 heteroatoms. The molecule has 2 aliphatic heterocycles. The van der Waals surface area contributed by atoms with Gasteiger partial charge >= 0.3 is 6.09 Å². The molecule has 1 atom stereocenters. The Hall–Kier alpha value is -4.28. The average molecular weight is 510 g/mol. The minimum Gasteiger partial charge on any atom is -0.492 e. The fraction of sp³-hybridized carbons (Fsp3) is 0.346. The summed E-state index contributed by atoms with van der Waals surface area (Å²) in [7, 11) is 1.38. The van der Waals surface area contributed by atoms with Crippen molar-refractivity contribution >= 4 is 23.4 Å². The van der Waals surface area contributed by atoms with E-state index >= 15 is 0 Å². The lowest BCUT2D eigenvalue weighted by molar-refractivity contribution is 0.0788. The Bertz CT molecular complexity index is 1360. The highest BCUT2D eigenvalue weighted by Crippen LogP contribution is 2.42. The molecule has 0 saturated carbocycles. The van der Waals surface area contributed by atoms with Gasteiger partial charge < -0.3 is 30.2 Å². The fourth-order valence-corrected chi connectivity index (χ4v) is 5.09. The molecule has 2 aromatic heterocycles. The number of carboxylic acid groups (broad SMARTS) is 1. The summed E-state index contributed by atoms with van der Waals surface area (Å²) in [6.45, 7) is 2.94. The number of nitrogens with one attached hydrogen (secondary N) is 3. The number of methoxy groups -OCH3 is 1. The van der Waals surface area contributed by atoms with Crippen LogP contribution in [-0.2, 0) is 6.42 Å². The van der Waals surface area contributed by atoms with Crippen molar-refractivity contribution in [2.24, 2.45) is 0 Å². The van der Waals surface area contributed by atoms with Crippen LogP contribution in [0, 0.1) is 5.82 Å².